The highest BCUT2D eigenvalue weighted by atomic mass is 19.1. The monoisotopic (exact) mass is 227 g/mol. The maximum absolute atomic E-state index is 13.3. The Morgan fingerprint density at radius 2 is 2.06 bits per heavy atom. The molecule has 0 unspecified atom stereocenters. The van der Waals surface area contributed by atoms with E-state index in [9.17, 15) is 13.6 Å². The predicted octanol–water partition coefficient (Wildman–Crippen LogP) is 2.11. The van der Waals surface area contributed by atoms with Gasteiger partial charge in [-0.15, -0.1) is 0 Å². The van der Waals surface area contributed by atoms with E-state index in [1.54, 1.807) is 0 Å². The Hall–Kier alpha value is -1.65. The molecular formula is C11H11F2NO2. The lowest BCUT2D eigenvalue weighted by Gasteiger charge is -2.06. The molecule has 0 atom stereocenters. The van der Waals surface area contributed by atoms with Crippen LogP contribution in [0, 0.1) is 17.6 Å². The number of halogens is 2. The molecule has 0 bridgehead atoms. The van der Waals surface area contributed by atoms with E-state index >= 15 is 0 Å². The van der Waals surface area contributed by atoms with Crippen LogP contribution in [0.5, 0.6) is 0 Å². The number of rotatable bonds is 3. The van der Waals surface area contributed by atoms with Crippen LogP contribution in [0.3, 0.4) is 0 Å². The number of hydrogen-bond acceptors (Lipinski definition) is 3. The molecule has 5 heteroatoms. The number of nitrogens with two attached hydrogens (primary N) is 1. The Kier molecular flexibility index (Phi) is 2.77. The summed E-state index contributed by atoms with van der Waals surface area (Å²) in [6.07, 6.45) is 2.04. The van der Waals surface area contributed by atoms with Crippen molar-refractivity contribution in [3.05, 3.63) is 29.3 Å². The Balaban J connectivity index is 2.11. The first-order chi connectivity index (χ1) is 7.58. The molecule has 0 radical (unpaired) electrons. The number of carbonyl (C=O) groups is 1. The van der Waals surface area contributed by atoms with Gasteiger partial charge in [0.25, 0.3) is 0 Å². The van der Waals surface area contributed by atoms with Crippen LogP contribution in [0.15, 0.2) is 12.1 Å². The summed E-state index contributed by atoms with van der Waals surface area (Å²) in [5, 5.41) is 0. The SMILES string of the molecule is Nc1cc(F)c(C(=O)OCC2CC2)cc1F. The Bertz CT molecular complexity index is 430. The van der Waals surface area contributed by atoms with Gasteiger partial charge in [-0.25, -0.2) is 13.6 Å². The molecule has 0 aromatic heterocycles. The molecule has 0 heterocycles. The predicted molar refractivity (Wildman–Crippen MR) is 53.8 cm³/mol. The van der Waals surface area contributed by atoms with E-state index in [-0.39, 0.29) is 12.3 Å². The lowest BCUT2D eigenvalue weighted by atomic mass is 10.2. The number of anilines is 1. The molecule has 16 heavy (non-hydrogen) atoms. The lowest BCUT2D eigenvalue weighted by molar-refractivity contribution is 0.0480. The van der Waals surface area contributed by atoms with E-state index in [4.69, 9.17) is 10.5 Å². The highest BCUT2D eigenvalue weighted by molar-refractivity contribution is 5.90. The van der Waals surface area contributed by atoms with Crippen LogP contribution in [-0.2, 0) is 4.74 Å². The molecule has 1 aliphatic rings. The summed E-state index contributed by atoms with van der Waals surface area (Å²) in [7, 11) is 0. The number of esters is 1. The third kappa shape index (κ3) is 2.29. The van der Waals surface area contributed by atoms with Crippen molar-refractivity contribution < 1.29 is 18.3 Å². The molecule has 0 amide bonds. The highest BCUT2D eigenvalue weighted by Gasteiger charge is 2.24. The molecule has 0 spiro atoms. The van der Waals surface area contributed by atoms with Crippen LogP contribution in [-0.4, -0.2) is 12.6 Å². The van der Waals surface area contributed by atoms with Crippen molar-refractivity contribution in [3.8, 4) is 0 Å². The van der Waals surface area contributed by atoms with Gasteiger partial charge in [0.1, 0.15) is 11.6 Å². The molecule has 1 fully saturated rings. The van der Waals surface area contributed by atoms with Crippen molar-refractivity contribution in [2.24, 2.45) is 5.92 Å². The van der Waals surface area contributed by atoms with Crippen LogP contribution >= 0.6 is 0 Å². The van der Waals surface area contributed by atoms with E-state index in [1.165, 1.54) is 0 Å². The number of carbonyl (C=O) groups excluding carboxylic acids is 1. The summed E-state index contributed by atoms with van der Waals surface area (Å²) in [4.78, 5) is 11.4. The summed E-state index contributed by atoms with van der Waals surface area (Å²) in [6.45, 7) is 0.268. The quantitative estimate of drug-likeness (QED) is 0.635. The minimum atomic E-state index is -0.861. The first kappa shape index (κ1) is 10.9. The number of ether oxygens (including phenoxy) is 1. The van der Waals surface area contributed by atoms with E-state index in [0.29, 0.717) is 5.92 Å². The van der Waals surface area contributed by atoms with E-state index < -0.39 is 23.2 Å². The molecular weight excluding hydrogens is 216 g/mol. The summed E-state index contributed by atoms with van der Waals surface area (Å²) < 4.78 is 31.1. The molecule has 1 aromatic carbocycles. The fourth-order valence-electron chi connectivity index (χ4n) is 1.27. The van der Waals surface area contributed by atoms with Crippen molar-refractivity contribution in [3.63, 3.8) is 0 Å². The third-order valence-electron chi connectivity index (χ3n) is 2.45. The number of nitrogen functional groups attached to an aromatic ring is 1. The normalized spacial score (nSPS) is 14.9. The second-order valence-electron chi connectivity index (χ2n) is 3.90. The Labute approximate surface area is 91.2 Å². The molecule has 0 aliphatic heterocycles. The van der Waals surface area contributed by atoms with Gasteiger partial charge >= 0.3 is 5.97 Å². The zero-order valence-electron chi connectivity index (χ0n) is 8.50. The summed E-state index contributed by atoms with van der Waals surface area (Å²) in [5.41, 5.74) is 4.42. The molecule has 3 nitrogen and oxygen atoms in total. The van der Waals surface area contributed by atoms with Gasteiger partial charge in [0.05, 0.1) is 17.9 Å². The molecule has 1 aliphatic carbocycles. The highest BCUT2D eigenvalue weighted by Crippen LogP contribution is 2.29. The zero-order valence-corrected chi connectivity index (χ0v) is 8.50. The topological polar surface area (TPSA) is 52.3 Å². The number of benzene rings is 1. The van der Waals surface area contributed by atoms with Crippen molar-refractivity contribution in [2.75, 3.05) is 12.3 Å². The van der Waals surface area contributed by atoms with Gasteiger partial charge in [-0.3, -0.25) is 0 Å². The maximum atomic E-state index is 13.3. The Morgan fingerprint density at radius 3 is 2.69 bits per heavy atom. The second-order valence-corrected chi connectivity index (χ2v) is 3.90. The maximum Gasteiger partial charge on any atom is 0.341 e. The number of hydrogen-bond donors (Lipinski definition) is 1. The van der Waals surface area contributed by atoms with Crippen molar-refractivity contribution in [1.29, 1.82) is 0 Å². The van der Waals surface area contributed by atoms with Crippen LogP contribution < -0.4 is 5.73 Å². The van der Waals surface area contributed by atoms with Crippen LogP contribution in [0.4, 0.5) is 14.5 Å². The van der Waals surface area contributed by atoms with Crippen LogP contribution in [0.25, 0.3) is 0 Å². The van der Waals surface area contributed by atoms with Crippen molar-refractivity contribution >= 4 is 11.7 Å². The summed E-state index contributed by atoms with van der Waals surface area (Å²) >= 11 is 0. The summed E-state index contributed by atoms with van der Waals surface area (Å²) in [6, 6.07) is 1.54. The van der Waals surface area contributed by atoms with Gasteiger partial charge in [-0.05, 0) is 24.8 Å². The van der Waals surface area contributed by atoms with Gasteiger partial charge in [-0.2, -0.15) is 0 Å². The average Bonchev–Trinajstić information content (AvgIpc) is 3.03. The third-order valence-corrected chi connectivity index (χ3v) is 2.45. The molecule has 1 aromatic rings. The summed E-state index contributed by atoms with van der Waals surface area (Å²) in [5.74, 6) is -2.14. The molecule has 0 saturated heterocycles. The van der Waals surface area contributed by atoms with Gasteiger partial charge in [0.2, 0.25) is 0 Å². The van der Waals surface area contributed by atoms with Gasteiger partial charge < -0.3 is 10.5 Å². The van der Waals surface area contributed by atoms with Crippen molar-refractivity contribution in [2.45, 2.75) is 12.8 Å². The smallest absolute Gasteiger partial charge is 0.341 e. The van der Waals surface area contributed by atoms with E-state index in [2.05, 4.69) is 0 Å². The molecule has 86 valence electrons. The average molecular weight is 227 g/mol. The Morgan fingerprint density at radius 1 is 1.38 bits per heavy atom. The standard InChI is InChI=1S/C11H11F2NO2/c12-8-4-10(14)9(13)3-7(8)11(15)16-5-6-1-2-6/h3-4,6H,1-2,5,14H2. The second kappa shape index (κ2) is 4.08. The molecule has 1 saturated carbocycles. The lowest BCUT2D eigenvalue weighted by Crippen LogP contribution is -2.10. The van der Waals surface area contributed by atoms with E-state index in [1.807, 2.05) is 0 Å². The van der Waals surface area contributed by atoms with Gasteiger partial charge in [0, 0.05) is 6.07 Å². The fraction of sp³-hybridized carbons (Fsp3) is 0.364. The molecule has 2 N–H and O–H groups in total. The largest absolute Gasteiger partial charge is 0.462 e. The first-order valence-electron chi connectivity index (χ1n) is 4.99. The fourth-order valence-corrected chi connectivity index (χ4v) is 1.27. The van der Waals surface area contributed by atoms with Gasteiger partial charge in [-0.1, -0.05) is 0 Å². The first-order valence-corrected chi connectivity index (χ1v) is 4.99. The minimum absolute atomic E-state index is 0.268. The minimum Gasteiger partial charge on any atom is -0.462 e. The zero-order chi connectivity index (χ0) is 11.7. The van der Waals surface area contributed by atoms with Gasteiger partial charge in [0.15, 0.2) is 0 Å². The van der Waals surface area contributed by atoms with Crippen LogP contribution in [0.2, 0.25) is 0 Å². The van der Waals surface area contributed by atoms with Crippen LogP contribution in [0.1, 0.15) is 23.2 Å². The van der Waals surface area contributed by atoms with E-state index in [0.717, 1.165) is 25.0 Å². The van der Waals surface area contributed by atoms with Crippen molar-refractivity contribution in [1.82, 2.24) is 0 Å². The molecule has 2 rings (SSSR count).